The van der Waals surface area contributed by atoms with Gasteiger partial charge in [-0.3, -0.25) is 0 Å². The maximum atomic E-state index is 6.61. The highest BCUT2D eigenvalue weighted by molar-refractivity contribution is 6.13. The third-order valence-electron chi connectivity index (χ3n) is 11.5. The van der Waals surface area contributed by atoms with Crippen LogP contribution in [0.25, 0.3) is 117 Å². The van der Waals surface area contributed by atoms with Gasteiger partial charge in [0.05, 0.1) is 11.0 Å². The molecule has 0 N–H and O–H groups in total. The van der Waals surface area contributed by atoms with Crippen molar-refractivity contribution in [2.75, 3.05) is 0 Å². The molecule has 9 aromatic carbocycles. The fourth-order valence-electron chi connectivity index (χ4n) is 8.75. The molecule has 0 spiro atoms. The van der Waals surface area contributed by atoms with Gasteiger partial charge < -0.3 is 8.98 Å². The molecule has 0 amide bonds. The van der Waals surface area contributed by atoms with E-state index < -0.39 is 0 Å². The molecule has 0 aliphatic rings. The Morgan fingerprint density at radius 3 is 1.73 bits per heavy atom. The molecule has 0 atom stereocenters. The number of fused-ring (bicyclic) bond motifs is 7. The maximum Gasteiger partial charge on any atom is 0.227 e. The van der Waals surface area contributed by atoms with Crippen molar-refractivity contribution in [3.8, 4) is 62.4 Å². The van der Waals surface area contributed by atoms with Crippen molar-refractivity contribution in [1.29, 1.82) is 0 Å². The third kappa shape index (κ3) is 5.50. The number of para-hydroxylation sites is 2. The molecule has 3 aromatic heterocycles. The van der Waals surface area contributed by atoms with Gasteiger partial charge in [0, 0.05) is 44.1 Å². The molecular formula is C54H33N5O. The predicted molar refractivity (Wildman–Crippen MR) is 244 cm³/mol. The molecule has 6 nitrogen and oxygen atoms in total. The normalized spacial score (nSPS) is 11.7. The van der Waals surface area contributed by atoms with Crippen molar-refractivity contribution in [2.24, 2.45) is 0 Å². The average molecular weight is 768 g/mol. The van der Waals surface area contributed by atoms with Crippen LogP contribution in [-0.2, 0) is 0 Å². The number of aromatic nitrogens is 5. The van der Waals surface area contributed by atoms with E-state index in [2.05, 4.69) is 162 Å². The topological polar surface area (TPSA) is 69.6 Å². The Balaban J connectivity index is 1.08. The number of hydrogen-bond donors (Lipinski definition) is 0. The van der Waals surface area contributed by atoms with Gasteiger partial charge in [-0.15, -0.1) is 0 Å². The van der Waals surface area contributed by atoms with Gasteiger partial charge in [-0.05, 0) is 69.8 Å². The molecule has 3 heterocycles. The van der Waals surface area contributed by atoms with E-state index >= 15 is 0 Å². The fourth-order valence-corrected chi connectivity index (χ4v) is 8.75. The van der Waals surface area contributed by atoms with E-state index in [1.54, 1.807) is 0 Å². The van der Waals surface area contributed by atoms with Crippen LogP contribution in [0, 0.1) is 0 Å². The summed E-state index contributed by atoms with van der Waals surface area (Å²) < 4.78 is 8.94. The highest BCUT2D eigenvalue weighted by Crippen LogP contribution is 2.41. The Morgan fingerprint density at radius 1 is 0.367 bits per heavy atom. The molecule has 0 unspecified atom stereocenters. The zero-order chi connectivity index (χ0) is 39.6. The van der Waals surface area contributed by atoms with Gasteiger partial charge in [-0.1, -0.05) is 158 Å². The van der Waals surface area contributed by atoms with Crippen LogP contribution in [0.2, 0.25) is 0 Å². The Kier molecular flexibility index (Phi) is 7.74. The molecule has 0 radical (unpaired) electrons. The van der Waals surface area contributed by atoms with Gasteiger partial charge in [0.15, 0.2) is 23.1 Å². The van der Waals surface area contributed by atoms with Crippen LogP contribution in [0.5, 0.6) is 0 Å². The summed E-state index contributed by atoms with van der Waals surface area (Å²) in [7, 11) is 0. The van der Waals surface area contributed by atoms with Gasteiger partial charge in [-0.25, -0.2) is 19.9 Å². The molecular weight excluding hydrogens is 735 g/mol. The summed E-state index contributed by atoms with van der Waals surface area (Å²) in [6.07, 6.45) is 0. The molecule has 0 aliphatic carbocycles. The zero-order valence-electron chi connectivity index (χ0n) is 32.2. The van der Waals surface area contributed by atoms with E-state index in [1.807, 2.05) is 42.5 Å². The number of nitrogens with zero attached hydrogens (tertiary/aromatic N) is 5. The van der Waals surface area contributed by atoms with Crippen LogP contribution in [0.1, 0.15) is 0 Å². The van der Waals surface area contributed by atoms with Crippen LogP contribution in [0.4, 0.5) is 0 Å². The Bertz CT molecular complexity index is 3560. The third-order valence-corrected chi connectivity index (χ3v) is 11.5. The fraction of sp³-hybridized carbons (Fsp3) is 0. The summed E-state index contributed by atoms with van der Waals surface area (Å²) in [5.41, 5.74) is 10.5. The summed E-state index contributed by atoms with van der Waals surface area (Å²) in [6.45, 7) is 0. The lowest BCUT2D eigenvalue weighted by molar-refractivity contribution is 0.623. The van der Waals surface area contributed by atoms with Crippen LogP contribution >= 0.6 is 0 Å². The summed E-state index contributed by atoms with van der Waals surface area (Å²) in [4.78, 5) is 20.8. The molecule has 0 saturated carbocycles. The standard InChI is InChI=1S/C54H33N5O/c1-2-16-36(17-3-1)54-55-46-32-31-35-19-14-27-43(49(35)50(46)60-54)40-23-6-7-26-45(40)53-57-51(56-52(58-53)44-28-13-18-34-15-4-5-22-39(34)44)37-20-12-21-38(33-37)59-47-29-10-8-24-41(47)42-25-9-11-30-48(42)59/h1-33H. The minimum Gasteiger partial charge on any atom is -0.435 e. The minimum atomic E-state index is 0.576. The first-order chi connectivity index (χ1) is 29.7. The zero-order valence-corrected chi connectivity index (χ0v) is 32.2. The van der Waals surface area contributed by atoms with Crippen molar-refractivity contribution >= 4 is 54.5 Å². The van der Waals surface area contributed by atoms with E-state index in [9.17, 15) is 0 Å². The molecule has 280 valence electrons. The highest BCUT2D eigenvalue weighted by atomic mass is 16.3. The van der Waals surface area contributed by atoms with Crippen molar-refractivity contribution in [2.45, 2.75) is 0 Å². The molecule has 0 fully saturated rings. The monoisotopic (exact) mass is 767 g/mol. The predicted octanol–water partition coefficient (Wildman–Crippen LogP) is 13.8. The quantitative estimate of drug-likeness (QED) is 0.168. The lowest BCUT2D eigenvalue weighted by Crippen LogP contribution is -2.02. The first-order valence-electron chi connectivity index (χ1n) is 20.1. The summed E-state index contributed by atoms with van der Waals surface area (Å²) in [5, 5.41) is 6.66. The van der Waals surface area contributed by atoms with E-state index in [0.717, 1.165) is 82.7 Å². The van der Waals surface area contributed by atoms with Crippen molar-refractivity contribution in [3.05, 3.63) is 200 Å². The smallest absolute Gasteiger partial charge is 0.227 e. The van der Waals surface area contributed by atoms with Crippen LogP contribution in [0.15, 0.2) is 205 Å². The van der Waals surface area contributed by atoms with Crippen molar-refractivity contribution < 1.29 is 4.42 Å². The van der Waals surface area contributed by atoms with Gasteiger partial charge in [0.2, 0.25) is 5.89 Å². The number of benzene rings is 9. The SMILES string of the molecule is c1ccc(-c2nc3ccc4cccc(-c5ccccc5-c5nc(-c6cccc(-n7c8ccccc8c8ccccc87)c6)nc(-c6cccc7ccccc67)n5)c4c3o2)cc1. The van der Waals surface area contributed by atoms with E-state index in [-0.39, 0.29) is 0 Å². The summed E-state index contributed by atoms with van der Waals surface area (Å²) >= 11 is 0. The Labute approximate surface area is 344 Å². The Morgan fingerprint density at radius 2 is 0.933 bits per heavy atom. The molecule has 6 heteroatoms. The summed E-state index contributed by atoms with van der Waals surface area (Å²) in [5.74, 6) is 2.36. The first kappa shape index (κ1) is 33.9. The van der Waals surface area contributed by atoms with E-state index in [1.165, 1.54) is 10.8 Å². The second-order valence-corrected chi connectivity index (χ2v) is 15.0. The van der Waals surface area contributed by atoms with Crippen LogP contribution in [0.3, 0.4) is 0 Å². The number of oxazole rings is 1. The number of rotatable bonds is 6. The van der Waals surface area contributed by atoms with Gasteiger partial charge in [-0.2, -0.15) is 0 Å². The largest absolute Gasteiger partial charge is 0.435 e. The van der Waals surface area contributed by atoms with Crippen LogP contribution in [-0.4, -0.2) is 24.5 Å². The van der Waals surface area contributed by atoms with Gasteiger partial charge in [0.1, 0.15) is 5.52 Å². The average Bonchev–Trinajstić information content (AvgIpc) is 3.92. The van der Waals surface area contributed by atoms with Gasteiger partial charge in [0.25, 0.3) is 0 Å². The minimum absolute atomic E-state index is 0.576. The van der Waals surface area contributed by atoms with Crippen molar-refractivity contribution in [3.63, 3.8) is 0 Å². The second kappa shape index (κ2) is 13.7. The molecule has 60 heavy (non-hydrogen) atoms. The van der Waals surface area contributed by atoms with Crippen LogP contribution < -0.4 is 0 Å². The molecule has 12 rings (SSSR count). The molecule has 0 saturated heterocycles. The molecule has 12 aromatic rings. The second-order valence-electron chi connectivity index (χ2n) is 15.0. The molecule has 0 bridgehead atoms. The Hall–Kier alpha value is -8.22. The lowest BCUT2D eigenvalue weighted by Gasteiger charge is -2.15. The lowest BCUT2D eigenvalue weighted by atomic mass is 9.93. The van der Waals surface area contributed by atoms with Crippen molar-refractivity contribution in [1.82, 2.24) is 24.5 Å². The first-order valence-corrected chi connectivity index (χ1v) is 20.1. The molecule has 0 aliphatic heterocycles. The maximum absolute atomic E-state index is 6.61. The van der Waals surface area contributed by atoms with E-state index in [0.29, 0.717) is 23.4 Å². The highest BCUT2D eigenvalue weighted by Gasteiger charge is 2.21. The number of hydrogen-bond acceptors (Lipinski definition) is 5. The summed E-state index contributed by atoms with van der Waals surface area (Å²) in [6, 6.07) is 69.2. The van der Waals surface area contributed by atoms with E-state index in [4.69, 9.17) is 24.4 Å². The van der Waals surface area contributed by atoms with Gasteiger partial charge >= 0.3 is 0 Å².